The molecule has 0 heterocycles. The van der Waals surface area contributed by atoms with E-state index >= 15 is 0 Å². The third-order valence-corrected chi connectivity index (χ3v) is 3.68. The van der Waals surface area contributed by atoms with Crippen LogP contribution in [-0.2, 0) is 6.54 Å². The SMILES string of the molecule is CC(C)CCOc1ccc(CNC(C)(C)C(C)O)cc1. The Labute approximate surface area is 123 Å². The number of hydrogen-bond donors (Lipinski definition) is 2. The quantitative estimate of drug-likeness (QED) is 0.766. The van der Waals surface area contributed by atoms with E-state index in [2.05, 4.69) is 31.3 Å². The second-order valence-electron chi connectivity index (χ2n) is 6.43. The minimum atomic E-state index is -0.388. The molecule has 114 valence electrons. The van der Waals surface area contributed by atoms with Crippen molar-refractivity contribution in [3.05, 3.63) is 29.8 Å². The van der Waals surface area contributed by atoms with Crippen LogP contribution in [-0.4, -0.2) is 23.4 Å². The summed E-state index contributed by atoms with van der Waals surface area (Å²) in [5.41, 5.74) is 0.904. The summed E-state index contributed by atoms with van der Waals surface area (Å²) < 4.78 is 5.70. The highest BCUT2D eigenvalue weighted by Gasteiger charge is 2.22. The van der Waals surface area contributed by atoms with Gasteiger partial charge in [0, 0.05) is 12.1 Å². The smallest absolute Gasteiger partial charge is 0.119 e. The molecule has 0 bridgehead atoms. The van der Waals surface area contributed by atoms with E-state index in [1.54, 1.807) is 6.92 Å². The number of rotatable bonds is 8. The van der Waals surface area contributed by atoms with E-state index in [1.807, 2.05) is 26.0 Å². The third-order valence-electron chi connectivity index (χ3n) is 3.68. The minimum Gasteiger partial charge on any atom is -0.494 e. The maximum Gasteiger partial charge on any atom is 0.119 e. The molecule has 0 aliphatic rings. The van der Waals surface area contributed by atoms with Crippen molar-refractivity contribution >= 4 is 0 Å². The van der Waals surface area contributed by atoms with E-state index in [-0.39, 0.29) is 11.6 Å². The molecule has 0 aliphatic carbocycles. The van der Waals surface area contributed by atoms with Gasteiger partial charge in [-0.05, 0) is 50.8 Å². The highest BCUT2D eigenvalue weighted by molar-refractivity contribution is 5.27. The lowest BCUT2D eigenvalue weighted by Crippen LogP contribution is -2.47. The van der Waals surface area contributed by atoms with Crippen molar-refractivity contribution in [1.29, 1.82) is 0 Å². The van der Waals surface area contributed by atoms with E-state index in [0.29, 0.717) is 5.92 Å². The van der Waals surface area contributed by atoms with E-state index < -0.39 is 0 Å². The van der Waals surface area contributed by atoms with Crippen LogP contribution in [0, 0.1) is 5.92 Å². The summed E-state index contributed by atoms with van der Waals surface area (Å²) >= 11 is 0. The van der Waals surface area contributed by atoms with Gasteiger partial charge in [-0.25, -0.2) is 0 Å². The predicted octanol–water partition coefficient (Wildman–Crippen LogP) is 3.36. The minimum absolute atomic E-state index is 0.285. The van der Waals surface area contributed by atoms with Gasteiger partial charge >= 0.3 is 0 Å². The van der Waals surface area contributed by atoms with Crippen LogP contribution >= 0.6 is 0 Å². The molecule has 0 radical (unpaired) electrons. The first-order chi connectivity index (χ1) is 9.31. The van der Waals surface area contributed by atoms with Gasteiger partial charge in [-0.1, -0.05) is 26.0 Å². The molecule has 2 N–H and O–H groups in total. The van der Waals surface area contributed by atoms with E-state index in [4.69, 9.17) is 4.74 Å². The molecule has 0 spiro atoms. The van der Waals surface area contributed by atoms with E-state index in [0.717, 1.165) is 25.3 Å². The lowest BCUT2D eigenvalue weighted by molar-refractivity contribution is 0.0956. The first kappa shape index (κ1) is 17.0. The van der Waals surface area contributed by atoms with Gasteiger partial charge in [0.25, 0.3) is 0 Å². The van der Waals surface area contributed by atoms with Crippen molar-refractivity contribution in [3.8, 4) is 5.75 Å². The highest BCUT2D eigenvalue weighted by atomic mass is 16.5. The zero-order valence-electron chi connectivity index (χ0n) is 13.4. The van der Waals surface area contributed by atoms with E-state index in [9.17, 15) is 5.11 Å². The molecule has 3 nitrogen and oxygen atoms in total. The van der Waals surface area contributed by atoms with Gasteiger partial charge in [-0.2, -0.15) is 0 Å². The monoisotopic (exact) mass is 279 g/mol. The summed E-state index contributed by atoms with van der Waals surface area (Å²) in [7, 11) is 0. The number of aliphatic hydroxyl groups is 1. The van der Waals surface area contributed by atoms with Crippen molar-refractivity contribution in [3.63, 3.8) is 0 Å². The zero-order chi connectivity index (χ0) is 15.2. The van der Waals surface area contributed by atoms with Crippen LogP contribution in [0.2, 0.25) is 0 Å². The molecule has 1 rings (SSSR count). The molecule has 0 aliphatic heterocycles. The first-order valence-electron chi connectivity index (χ1n) is 7.46. The summed E-state index contributed by atoms with van der Waals surface area (Å²) in [6.45, 7) is 11.7. The highest BCUT2D eigenvalue weighted by Crippen LogP contribution is 2.15. The van der Waals surface area contributed by atoms with Crippen LogP contribution in [0.4, 0.5) is 0 Å². The summed E-state index contributed by atoms with van der Waals surface area (Å²) in [4.78, 5) is 0. The zero-order valence-corrected chi connectivity index (χ0v) is 13.4. The molecule has 0 aromatic heterocycles. The Morgan fingerprint density at radius 2 is 1.75 bits per heavy atom. The van der Waals surface area contributed by atoms with Gasteiger partial charge in [0.15, 0.2) is 0 Å². The number of hydrogen-bond acceptors (Lipinski definition) is 3. The molecule has 1 atom stereocenters. The van der Waals surface area contributed by atoms with Crippen molar-refractivity contribution in [2.24, 2.45) is 5.92 Å². The molecule has 0 saturated heterocycles. The number of ether oxygens (including phenoxy) is 1. The van der Waals surface area contributed by atoms with Gasteiger partial charge in [0.2, 0.25) is 0 Å². The summed E-state index contributed by atoms with van der Waals surface area (Å²) in [5, 5.41) is 13.0. The molecule has 3 heteroatoms. The molecule has 0 fully saturated rings. The number of benzene rings is 1. The van der Waals surface area contributed by atoms with Gasteiger partial charge in [-0.3, -0.25) is 0 Å². The molecular formula is C17H29NO2. The molecule has 1 aromatic carbocycles. The fraction of sp³-hybridized carbons (Fsp3) is 0.647. The van der Waals surface area contributed by atoms with Crippen molar-refractivity contribution in [2.45, 2.75) is 59.2 Å². The second-order valence-corrected chi connectivity index (χ2v) is 6.43. The van der Waals surface area contributed by atoms with E-state index in [1.165, 1.54) is 5.56 Å². The Kier molecular flexibility index (Phi) is 6.50. The van der Waals surface area contributed by atoms with Crippen LogP contribution in [0.15, 0.2) is 24.3 Å². The largest absolute Gasteiger partial charge is 0.494 e. The van der Waals surface area contributed by atoms with Crippen molar-refractivity contribution < 1.29 is 9.84 Å². The predicted molar refractivity (Wildman–Crippen MR) is 84.0 cm³/mol. The number of nitrogens with one attached hydrogen (secondary N) is 1. The summed E-state index contributed by atoms with van der Waals surface area (Å²) in [5.74, 6) is 1.59. The first-order valence-corrected chi connectivity index (χ1v) is 7.46. The fourth-order valence-electron chi connectivity index (χ4n) is 1.59. The topological polar surface area (TPSA) is 41.5 Å². The van der Waals surface area contributed by atoms with Crippen LogP contribution in [0.1, 0.15) is 46.6 Å². The van der Waals surface area contributed by atoms with Gasteiger partial charge in [0.05, 0.1) is 12.7 Å². The average molecular weight is 279 g/mol. The van der Waals surface area contributed by atoms with Crippen LogP contribution in [0.25, 0.3) is 0 Å². The van der Waals surface area contributed by atoms with Gasteiger partial charge < -0.3 is 15.2 Å². The van der Waals surface area contributed by atoms with Crippen LogP contribution < -0.4 is 10.1 Å². The second kappa shape index (κ2) is 7.65. The lowest BCUT2D eigenvalue weighted by atomic mass is 9.98. The van der Waals surface area contributed by atoms with Crippen LogP contribution in [0.3, 0.4) is 0 Å². The van der Waals surface area contributed by atoms with Gasteiger partial charge in [0.1, 0.15) is 5.75 Å². The standard InChI is InChI=1S/C17H29NO2/c1-13(2)10-11-20-16-8-6-15(7-9-16)12-18-17(4,5)14(3)19/h6-9,13-14,18-19H,10-12H2,1-5H3. The Morgan fingerprint density at radius 1 is 1.15 bits per heavy atom. The molecule has 1 aromatic rings. The maximum absolute atomic E-state index is 9.66. The Balaban J connectivity index is 2.43. The lowest BCUT2D eigenvalue weighted by Gasteiger charge is -2.29. The van der Waals surface area contributed by atoms with Gasteiger partial charge in [-0.15, -0.1) is 0 Å². The summed E-state index contributed by atoms with van der Waals surface area (Å²) in [6, 6.07) is 8.14. The average Bonchev–Trinajstić information content (AvgIpc) is 2.37. The Hall–Kier alpha value is -1.06. The Morgan fingerprint density at radius 3 is 2.25 bits per heavy atom. The van der Waals surface area contributed by atoms with Crippen LogP contribution in [0.5, 0.6) is 5.75 Å². The molecule has 0 saturated carbocycles. The normalized spacial score (nSPS) is 13.6. The number of aliphatic hydroxyl groups excluding tert-OH is 1. The molecule has 20 heavy (non-hydrogen) atoms. The molecule has 0 amide bonds. The Bertz CT molecular complexity index is 382. The molecule has 1 unspecified atom stereocenters. The summed E-state index contributed by atoms with van der Waals surface area (Å²) in [6.07, 6.45) is 0.687. The third kappa shape index (κ3) is 5.93. The van der Waals surface area contributed by atoms with Crippen molar-refractivity contribution in [1.82, 2.24) is 5.32 Å². The molecular weight excluding hydrogens is 250 g/mol. The fourth-order valence-corrected chi connectivity index (χ4v) is 1.59. The maximum atomic E-state index is 9.66. The van der Waals surface area contributed by atoms with Crippen molar-refractivity contribution in [2.75, 3.05) is 6.61 Å².